The number of aromatic nitrogens is 3. The van der Waals surface area contributed by atoms with Gasteiger partial charge in [0.25, 0.3) is 5.82 Å². The number of aryl methyl sites for hydroxylation is 3. The van der Waals surface area contributed by atoms with E-state index in [1.54, 1.807) is 0 Å². The van der Waals surface area contributed by atoms with Crippen molar-refractivity contribution in [2.45, 2.75) is 53.4 Å². The van der Waals surface area contributed by atoms with E-state index in [-0.39, 0.29) is 5.92 Å². The van der Waals surface area contributed by atoms with Crippen LogP contribution in [0.3, 0.4) is 0 Å². The van der Waals surface area contributed by atoms with Crippen molar-refractivity contribution in [3.05, 3.63) is 89.2 Å². The Morgan fingerprint density at radius 3 is 2.41 bits per heavy atom. The van der Waals surface area contributed by atoms with E-state index in [4.69, 9.17) is 4.42 Å². The molecule has 4 nitrogen and oxygen atoms in total. The highest BCUT2D eigenvalue weighted by atomic mass is 16.3. The van der Waals surface area contributed by atoms with Crippen LogP contribution < -0.4 is 4.57 Å². The van der Waals surface area contributed by atoms with Crippen LogP contribution in [0.1, 0.15) is 61.8 Å². The fraction of sp³-hybridized carbons (Fsp3) is 0.273. The van der Waals surface area contributed by atoms with Gasteiger partial charge in [0, 0.05) is 34.3 Å². The van der Waals surface area contributed by atoms with E-state index in [2.05, 4.69) is 117 Å². The molecule has 4 heteroatoms. The zero-order chi connectivity index (χ0) is 26.0. The summed E-state index contributed by atoms with van der Waals surface area (Å²) in [5, 5.41) is 2.37. The Hall–Kier alpha value is -3.92. The maximum atomic E-state index is 6.62. The van der Waals surface area contributed by atoms with Crippen molar-refractivity contribution in [3.63, 3.8) is 0 Å². The lowest BCUT2D eigenvalue weighted by Gasteiger charge is -2.19. The van der Waals surface area contributed by atoms with Crippen LogP contribution in [0, 0.1) is 13.8 Å². The molecule has 0 aliphatic carbocycles. The normalized spacial score (nSPS) is 12.1. The molecule has 0 saturated carbocycles. The molecule has 3 heterocycles. The van der Waals surface area contributed by atoms with Crippen molar-refractivity contribution in [2.24, 2.45) is 7.05 Å². The Morgan fingerprint density at radius 1 is 0.892 bits per heavy atom. The minimum atomic E-state index is 0.257. The SMILES string of the molecule is Cc1ccc2c(c1)n(-c1c(C(C)C)cc3c(oc4ccccc43)c1C(C)C)c(-c1cnccc1C)[n+]2C. The summed E-state index contributed by atoms with van der Waals surface area (Å²) in [5.41, 5.74) is 11.7. The monoisotopic (exact) mass is 488 g/mol. The molecule has 0 aliphatic rings. The van der Waals surface area contributed by atoms with E-state index in [9.17, 15) is 0 Å². The third kappa shape index (κ3) is 3.50. The summed E-state index contributed by atoms with van der Waals surface area (Å²) in [6, 6.07) is 19.6. The summed E-state index contributed by atoms with van der Waals surface area (Å²) in [5.74, 6) is 1.71. The molecule has 0 amide bonds. The van der Waals surface area contributed by atoms with Crippen molar-refractivity contribution in [3.8, 4) is 17.1 Å². The zero-order valence-electron chi connectivity index (χ0n) is 22.8. The first-order valence-electron chi connectivity index (χ1n) is 13.2. The van der Waals surface area contributed by atoms with Gasteiger partial charge in [0.1, 0.15) is 16.9 Å². The van der Waals surface area contributed by atoms with Crippen molar-refractivity contribution >= 4 is 33.0 Å². The van der Waals surface area contributed by atoms with Gasteiger partial charge in [0.15, 0.2) is 11.0 Å². The van der Waals surface area contributed by atoms with E-state index in [1.807, 2.05) is 12.4 Å². The van der Waals surface area contributed by atoms with Crippen molar-refractivity contribution in [1.29, 1.82) is 0 Å². The van der Waals surface area contributed by atoms with E-state index < -0.39 is 0 Å². The lowest BCUT2D eigenvalue weighted by atomic mass is 9.89. The molecule has 0 fully saturated rings. The van der Waals surface area contributed by atoms with Crippen molar-refractivity contribution in [1.82, 2.24) is 9.55 Å². The van der Waals surface area contributed by atoms with Gasteiger partial charge in [0.05, 0.1) is 12.6 Å². The van der Waals surface area contributed by atoms with E-state index in [1.165, 1.54) is 49.7 Å². The summed E-state index contributed by atoms with van der Waals surface area (Å²) in [4.78, 5) is 4.53. The lowest BCUT2D eigenvalue weighted by Crippen LogP contribution is -2.30. The molecule has 0 unspecified atom stereocenters. The average Bonchev–Trinajstić information content (AvgIpc) is 3.37. The van der Waals surface area contributed by atoms with Gasteiger partial charge in [-0.05, 0) is 67.1 Å². The number of fused-ring (bicyclic) bond motifs is 4. The van der Waals surface area contributed by atoms with Gasteiger partial charge >= 0.3 is 0 Å². The number of hydrogen-bond donors (Lipinski definition) is 0. The zero-order valence-corrected chi connectivity index (χ0v) is 22.8. The summed E-state index contributed by atoms with van der Waals surface area (Å²) in [6.07, 6.45) is 3.87. The Labute approximate surface area is 218 Å². The summed E-state index contributed by atoms with van der Waals surface area (Å²) >= 11 is 0. The highest BCUT2D eigenvalue weighted by molar-refractivity contribution is 6.07. The van der Waals surface area contributed by atoms with Gasteiger partial charge in [-0.15, -0.1) is 0 Å². The van der Waals surface area contributed by atoms with E-state index >= 15 is 0 Å². The van der Waals surface area contributed by atoms with Gasteiger partial charge in [0.2, 0.25) is 0 Å². The van der Waals surface area contributed by atoms with Gasteiger partial charge in [-0.2, -0.15) is 4.57 Å². The molecule has 6 aromatic rings. The van der Waals surface area contributed by atoms with E-state index in [0.29, 0.717) is 5.92 Å². The topological polar surface area (TPSA) is 34.8 Å². The van der Waals surface area contributed by atoms with Crippen LogP contribution in [-0.2, 0) is 7.05 Å². The molecule has 0 spiro atoms. The second-order valence-electron chi connectivity index (χ2n) is 10.9. The number of rotatable bonds is 4. The molecule has 3 aromatic heterocycles. The molecule has 0 aliphatic heterocycles. The molecule has 0 bridgehead atoms. The standard InChI is InChI=1S/C33H34N3O/c1-19(2)24-17-25-23-10-8-9-11-29(23)37-32(25)30(20(3)4)31(24)36-28-16-21(5)12-13-27(28)35(7)33(36)26-18-34-15-14-22(26)6/h8-20H,1-7H3/q+1. The molecule has 0 N–H and O–H groups in total. The molecular weight excluding hydrogens is 454 g/mol. The van der Waals surface area contributed by atoms with Crippen LogP contribution in [0.25, 0.3) is 50.0 Å². The molecule has 0 atom stereocenters. The smallest absolute Gasteiger partial charge is 0.296 e. The van der Waals surface area contributed by atoms with Crippen LogP contribution in [0.5, 0.6) is 0 Å². The summed E-state index contributed by atoms with van der Waals surface area (Å²) in [7, 11) is 2.17. The van der Waals surface area contributed by atoms with Gasteiger partial charge in [-0.25, -0.2) is 4.57 Å². The Balaban J connectivity index is 1.88. The fourth-order valence-corrected chi connectivity index (χ4v) is 5.82. The number of furan rings is 1. The Bertz CT molecular complexity index is 1820. The third-order valence-electron chi connectivity index (χ3n) is 7.67. The Kier molecular flexibility index (Phi) is 5.45. The van der Waals surface area contributed by atoms with Crippen LogP contribution in [0.15, 0.2) is 71.4 Å². The first kappa shape index (κ1) is 23.5. The lowest BCUT2D eigenvalue weighted by molar-refractivity contribution is -0.633. The highest BCUT2D eigenvalue weighted by Gasteiger charge is 2.33. The molecule has 186 valence electrons. The molecule has 0 radical (unpaired) electrons. The maximum absolute atomic E-state index is 6.62. The number of hydrogen-bond acceptors (Lipinski definition) is 2. The van der Waals surface area contributed by atoms with Crippen molar-refractivity contribution in [2.75, 3.05) is 0 Å². The first-order valence-corrected chi connectivity index (χ1v) is 13.2. The van der Waals surface area contributed by atoms with Gasteiger partial charge < -0.3 is 4.42 Å². The molecule has 0 saturated heterocycles. The maximum Gasteiger partial charge on any atom is 0.296 e. The van der Waals surface area contributed by atoms with Gasteiger partial charge in [-0.3, -0.25) is 4.98 Å². The van der Waals surface area contributed by atoms with Crippen molar-refractivity contribution < 1.29 is 8.98 Å². The molecule has 6 rings (SSSR count). The number of pyridine rings is 1. The van der Waals surface area contributed by atoms with Crippen LogP contribution in [0.4, 0.5) is 0 Å². The minimum absolute atomic E-state index is 0.257. The predicted molar refractivity (Wildman–Crippen MR) is 153 cm³/mol. The molecule has 37 heavy (non-hydrogen) atoms. The number of benzene rings is 3. The molecular formula is C33H34N3O+. The quantitative estimate of drug-likeness (QED) is 0.234. The van der Waals surface area contributed by atoms with E-state index in [0.717, 1.165) is 22.6 Å². The first-order chi connectivity index (χ1) is 17.8. The van der Waals surface area contributed by atoms with Crippen LogP contribution >= 0.6 is 0 Å². The predicted octanol–water partition coefficient (Wildman–Crippen LogP) is 8.28. The number of para-hydroxylation sites is 1. The second-order valence-corrected chi connectivity index (χ2v) is 10.9. The molecule has 3 aromatic carbocycles. The number of imidazole rings is 1. The second kappa shape index (κ2) is 8.58. The van der Waals surface area contributed by atoms with Gasteiger partial charge in [-0.1, -0.05) is 52.0 Å². The Morgan fingerprint density at radius 2 is 1.68 bits per heavy atom. The minimum Gasteiger partial charge on any atom is -0.456 e. The third-order valence-corrected chi connectivity index (χ3v) is 7.67. The summed E-state index contributed by atoms with van der Waals surface area (Å²) < 4.78 is 11.4. The van der Waals surface area contributed by atoms with Crippen LogP contribution in [-0.4, -0.2) is 9.55 Å². The fourth-order valence-electron chi connectivity index (χ4n) is 5.82. The highest BCUT2D eigenvalue weighted by Crippen LogP contribution is 2.43. The number of nitrogens with zero attached hydrogens (tertiary/aromatic N) is 3. The average molecular weight is 489 g/mol. The summed E-state index contributed by atoms with van der Waals surface area (Å²) in [6.45, 7) is 13.5. The largest absolute Gasteiger partial charge is 0.456 e. The van der Waals surface area contributed by atoms with Crippen LogP contribution in [0.2, 0.25) is 0 Å².